The summed E-state index contributed by atoms with van der Waals surface area (Å²) in [5, 5.41) is 13.5. The maximum absolute atomic E-state index is 5.55. The van der Waals surface area contributed by atoms with Crippen molar-refractivity contribution in [3.63, 3.8) is 0 Å². The molecule has 0 saturated heterocycles. The van der Waals surface area contributed by atoms with Gasteiger partial charge >= 0.3 is 0 Å². The summed E-state index contributed by atoms with van der Waals surface area (Å²) in [4.78, 5) is 4.48. The maximum Gasteiger partial charge on any atom is 0.237 e. The van der Waals surface area contributed by atoms with Crippen LogP contribution in [0.15, 0.2) is 64.1 Å². The molecular weight excluding hydrogens is 412 g/mol. The van der Waals surface area contributed by atoms with Crippen molar-refractivity contribution in [1.29, 1.82) is 0 Å². The molecule has 0 amide bonds. The highest BCUT2D eigenvalue weighted by atomic mass is 32.2. The van der Waals surface area contributed by atoms with E-state index in [0.717, 1.165) is 21.8 Å². The topological polar surface area (TPSA) is 83.2 Å². The summed E-state index contributed by atoms with van der Waals surface area (Å²) in [5.74, 6) is 2.82. The Bertz CT molecular complexity index is 1140. The highest BCUT2D eigenvalue weighted by Gasteiger charge is 2.13. The number of hydrogen-bond acceptors (Lipinski definition) is 8. The molecule has 31 heavy (non-hydrogen) atoms. The first-order chi connectivity index (χ1) is 15.2. The first-order valence-electron chi connectivity index (χ1n) is 9.83. The molecule has 158 valence electrons. The minimum atomic E-state index is 0.498. The van der Waals surface area contributed by atoms with Gasteiger partial charge in [0.05, 0.1) is 25.2 Å². The van der Waals surface area contributed by atoms with Gasteiger partial charge in [0.15, 0.2) is 11.5 Å². The molecule has 0 aliphatic rings. The lowest BCUT2D eigenvalue weighted by Gasteiger charge is -2.09. The second kappa shape index (κ2) is 9.61. The third-order valence-electron chi connectivity index (χ3n) is 4.52. The van der Waals surface area contributed by atoms with E-state index in [-0.39, 0.29) is 0 Å². The van der Waals surface area contributed by atoms with Crippen LogP contribution in [0.2, 0.25) is 0 Å². The predicted octanol–water partition coefficient (Wildman–Crippen LogP) is 5.20. The number of benzene rings is 2. The van der Waals surface area contributed by atoms with Crippen molar-refractivity contribution in [3.8, 4) is 34.1 Å². The Morgan fingerprint density at radius 1 is 0.935 bits per heavy atom. The van der Waals surface area contributed by atoms with E-state index in [9.17, 15) is 0 Å². The average Bonchev–Trinajstić information content (AvgIpc) is 3.28. The Labute approximate surface area is 184 Å². The minimum Gasteiger partial charge on any atom is -0.493 e. The summed E-state index contributed by atoms with van der Waals surface area (Å²) < 4.78 is 16.3. The molecule has 0 saturated carbocycles. The van der Waals surface area contributed by atoms with Gasteiger partial charge in [-0.15, -0.1) is 10.2 Å². The van der Waals surface area contributed by atoms with Crippen molar-refractivity contribution in [1.82, 2.24) is 20.3 Å². The van der Waals surface area contributed by atoms with E-state index in [1.54, 1.807) is 7.11 Å². The van der Waals surface area contributed by atoms with E-state index in [2.05, 4.69) is 39.4 Å². The lowest BCUT2D eigenvalue weighted by molar-refractivity contribution is 0.311. The first kappa shape index (κ1) is 20.9. The summed E-state index contributed by atoms with van der Waals surface area (Å²) in [6, 6.07) is 17.7. The van der Waals surface area contributed by atoms with Gasteiger partial charge in [0, 0.05) is 11.1 Å². The molecule has 2 aromatic heterocycles. The van der Waals surface area contributed by atoms with Gasteiger partial charge in [-0.05, 0) is 44.2 Å². The quantitative estimate of drug-likeness (QED) is 0.350. The van der Waals surface area contributed by atoms with Crippen LogP contribution in [0.5, 0.6) is 11.5 Å². The van der Waals surface area contributed by atoms with Crippen LogP contribution >= 0.6 is 11.8 Å². The molecule has 4 rings (SSSR count). The fourth-order valence-electron chi connectivity index (χ4n) is 2.92. The Morgan fingerprint density at radius 2 is 1.74 bits per heavy atom. The second-order valence-corrected chi connectivity index (χ2v) is 7.72. The first-order valence-corrected chi connectivity index (χ1v) is 10.8. The summed E-state index contributed by atoms with van der Waals surface area (Å²) in [5.41, 5.74) is 3.89. The van der Waals surface area contributed by atoms with Crippen LogP contribution < -0.4 is 9.47 Å². The van der Waals surface area contributed by atoms with Crippen LogP contribution in [0, 0.1) is 6.92 Å². The standard InChI is InChI=1S/C23H22N4O3S/c1-4-29-19-11-9-17(13-20(19)28-3)23-24-21(30-27-23)14-31-22-12-10-18(25-26-22)16-7-5-15(2)6-8-16/h5-13H,4,14H2,1-3H3. The molecule has 0 aliphatic heterocycles. The monoisotopic (exact) mass is 434 g/mol. The molecule has 0 spiro atoms. The van der Waals surface area contributed by atoms with Crippen LogP contribution in [-0.4, -0.2) is 34.1 Å². The largest absolute Gasteiger partial charge is 0.493 e. The number of methoxy groups -OCH3 is 1. The third-order valence-corrected chi connectivity index (χ3v) is 5.43. The van der Waals surface area contributed by atoms with Gasteiger partial charge in [0.1, 0.15) is 5.03 Å². The van der Waals surface area contributed by atoms with E-state index in [0.29, 0.717) is 35.6 Å². The molecule has 4 aromatic rings. The number of rotatable bonds is 8. The number of hydrogen-bond donors (Lipinski definition) is 0. The van der Waals surface area contributed by atoms with Crippen LogP contribution in [0.3, 0.4) is 0 Å². The van der Waals surface area contributed by atoms with Gasteiger partial charge in [-0.25, -0.2) is 0 Å². The third kappa shape index (κ3) is 5.03. The Hall–Kier alpha value is -3.39. The van der Waals surface area contributed by atoms with Gasteiger partial charge in [-0.3, -0.25) is 0 Å². The Kier molecular flexibility index (Phi) is 6.47. The number of aromatic nitrogens is 4. The molecule has 0 bridgehead atoms. The predicted molar refractivity (Wildman–Crippen MR) is 119 cm³/mol. The maximum atomic E-state index is 5.55. The summed E-state index contributed by atoms with van der Waals surface area (Å²) in [7, 11) is 1.60. The smallest absolute Gasteiger partial charge is 0.237 e. The lowest BCUT2D eigenvalue weighted by atomic mass is 10.1. The normalized spacial score (nSPS) is 10.8. The van der Waals surface area contributed by atoms with Crippen LogP contribution in [0.25, 0.3) is 22.6 Å². The lowest BCUT2D eigenvalue weighted by Crippen LogP contribution is -1.95. The highest BCUT2D eigenvalue weighted by Crippen LogP contribution is 2.32. The van der Waals surface area contributed by atoms with E-state index >= 15 is 0 Å². The number of aryl methyl sites for hydroxylation is 1. The number of thioether (sulfide) groups is 1. The molecule has 2 aromatic carbocycles. The molecule has 8 heteroatoms. The molecule has 0 aliphatic carbocycles. The molecule has 2 heterocycles. The summed E-state index contributed by atoms with van der Waals surface area (Å²) in [6.07, 6.45) is 0. The van der Waals surface area contributed by atoms with Crippen LogP contribution in [0.4, 0.5) is 0 Å². The molecule has 0 N–H and O–H groups in total. The SMILES string of the molecule is CCOc1ccc(-c2noc(CSc3ccc(-c4ccc(C)cc4)nn3)n2)cc1OC. The molecule has 7 nitrogen and oxygen atoms in total. The molecular formula is C23H22N4O3S. The summed E-state index contributed by atoms with van der Waals surface area (Å²) >= 11 is 1.49. The molecule has 0 atom stereocenters. The van der Waals surface area contributed by atoms with Crippen molar-refractivity contribution in [2.75, 3.05) is 13.7 Å². The van der Waals surface area contributed by atoms with Gasteiger partial charge < -0.3 is 14.0 Å². The molecule has 0 fully saturated rings. The van der Waals surface area contributed by atoms with Gasteiger partial charge in [-0.2, -0.15) is 4.98 Å². The minimum absolute atomic E-state index is 0.498. The van der Waals surface area contributed by atoms with E-state index in [1.807, 2.05) is 49.4 Å². The average molecular weight is 435 g/mol. The molecule has 0 radical (unpaired) electrons. The second-order valence-electron chi connectivity index (χ2n) is 6.72. The zero-order valence-electron chi connectivity index (χ0n) is 17.5. The van der Waals surface area contributed by atoms with Crippen molar-refractivity contribution < 1.29 is 14.0 Å². The van der Waals surface area contributed by atoms with E-state index in [4.69, 9.17) is 14.0 Å². The van der Waals surface area contributed by atoms with Crippen LogP contribution in [-0.2, 0) is 5.75 Å². The highest BCUT2D eigenvalue weighted by molar-refractivity contribution is 7.98. The number of nitrogens with zero attached hydrogens (tertiary/aromatic N) is 4. The van der Waals surface area contributed by atoms with E-state index < -0.39 is 0 Å². The van der Waals surface area contributed by atoms with Gasteiger partial charge in [-0.1, -0.05) is 46.7 Å². The fraction of sp³-hybridized carbons (Fsp3) is 0.217. The van der Waals surface area contributed by atoms with Crippen molar-refractivity contribution >= 4 is 11.8 Å². The van der Waals surface area contributed by atoms with Crippen LogP contribution in [0.1, 0.15) is 18.4 Å². The van der Waals surface area contributed by atoms with Gasteiger partial charge in [0.2, 0.25) is 11.7 Å². The van der Waals surface area contributed by atoms with E-state index in [1.165, 1.54) is 17.3 Å². The fourth-order valence-corrected chi connectivity index (χ4v) is 3.57. The summed E-state index contributed by atoms with van der Waals surface area (Å²) in [6.45, 7) is 4.55. The zero-order valence-corrected chi connectivity index (χ0v) is 18.3. The number of ether oxygens (including phenoxy) is 2. The van der Waals surface area contributed by atoms with Crippen molar-refractivity contribution in [2.45, 2.75) is 24.6 Å². The Balaban J connectivity index is 1.41. The van der Waals surface area contributed by atoms with Crippen molar-refractivity contribution in [2.24, 2.45) is 0 Å². The zero-order chi connectivity index (χ0) is 21.6. The molecule has 0 unspecified atom stereocenters. The van der Waals surface area contributed by atoms with Crippen molar-refractivity contribution in [3.05, 3.63) is 66.1 Å². The Morgan fingerprint density at radius 3 is 2.45 bits per heavy atom. The van der Waals surface area contributed by atoms with Gasteiger partial charge in [0.25, 0.3) is 0 Å².